The van der Waals surface area contributed by atoms with Gasteiger partial charge < -0.3 is 10.2 Å². The van der Waals surface area contributed by atoms with Crippen LogP contribution in [0.15, 0.2) is 18.3 Å². The highest BCUT2D eigenvalue weighted by Gasteiger charge is 2.09. The number of nitrogens with zero attached hydrogens (tertiary/aromatic N) is 1. The molecular weight excluding hydrogens is 166 g/mol. The third kappa shape index (κ3) is 1.89. The molecule has 2 N–H and O–H groups in total. The Morgan fingerprint density at radius 2 is 2.36 bits per heavy atom. The van der Waals surface area contributed by atoms with E-state index < -0.39 is 6.10 Å². The Morgan fingerprint density at radius 1 is 1.64 bits per heavy atom. The molecule has 4 heteroatoms. The van der Waals surface area contributed by atoms with Crippen molar-refractivity contribution >= 4 is 11.6 Å². The highest BCUT2D eigenvalue weighted by atomic mass is 35.5. The zero-order valence-electron chi connectivity index (χ0n) is 5.74. The van der Waals surface area contributed by atoms with Gasteiger partial charge in [-0.15, -0.1) is 0 Å². The van der Waals surface area contributed by atoms with E-state index in [-0.39, 0.29) is 11.8 Å². The average Bonchev–Trinajstić information content (AvgIpc) is 2.04. The van der Waals surface area contributed by atoms with Crippen LogP contribution in [0, 0.1) is 0 Å². The maximum atomic E-state index is 9.14. The highest BCUT2D eigenvalue weighted by Crippen LogP contribution is 2.19. The van der Waals surface area contributed by atoms with Crippen LogP contribution in [0.4, 0.5) is 0 Å². The molecule has 1 aromatic heterocycles. The minimum atomic E-state index is -0.934. The summed E-state index contributed by atoms with van der Waals surface area (Å²) in [5, 5.41) is 17.9. The lowest BCUT2D eigenvalue weighted by molar-refractivity contribution is 0.0954. The molecule has 0 aromatic carbocycles. The summed E-state index contributed by atoms with van der Waals surface area (Å²) in [6.07, 6.45) is 0.590. The summed E-state index contributed by atoms with van der Waals surface area (Å²) in [7, 11) is 0. The first-order valence-electron chi connectivity index (χ1n) is 3.15. The second kappa shape index (κ2) is 3.67. The van der Waals surface area contributed by atoms with Crippen molar-refractivity contribution in [2.24, 2.45) is 0 Å². The number of hydrogen-bond acceptors (Lipinski definition) is 3. The minimum absolute atomic E-state index is 0.231. The van der Waals surface area contributed by atoms with Crippen molar-refractivity contribution < 1.29 is 10.2 Å². The smallest absolute Gasteiger partial charge is 0.134 e. The van der Waals surface area contributed by atoms with Crippen LogP contribution >= 0.6 is 11.6 Å². The molecule has 0 aliphatic heterocycles. The summed E-state index contributed by atoms with van der Waals surface area (Å²) in [6.45, 7) is -0.342. The summed E-state index contributed by atoms with van der Waals surface area (Å²) in [5.74, 6) is 0. The monoisotopic (exact) mass is 173 g/mol. The lowest BCUT2D eigenvalue weighted by atomic mass is 10.2. The van der Waals surface area contributed by atoms with Gasteiger partial charge in [-0.2, -0.15) is 0 Å². The number of halogens is 1. The molecule has 1 aromatic rings. The summed E-state index contributed by atoms with van der Waals surface area (Å²) in [4.78, 5) is 3.74. The van der Waals surface area contributed by atoms with Gasteiger partial charge in [0.2, 0.25) is 0 Å². The van der Waals surface area contributed by atoms with Crippen molar-refractivity contribution in [2.45, 2.75) is 6.10 Å². The van der Waals surface area contributed by atoms with Gasteiger partial charge in [0.05, 0.1) is 6.61 Å². The second-order valence-electron chi connectivity index (χ2n) is 2.08. The number of hydrogen-bond donors (Lipinski definition) is 2. The molecule has 0 amide bonds. The Hall–Kier alpha value is -0.640. The second-order valence-corrected chi connectivity index (χ2v) is 2.44. The molecule has 0 radical (unpaired) electrons. The van der Waals surface area contributed by atoms with Gasteiger partial charge >= 0.3 is 0 Å². The highest BCUT2D eigenvalue weighted by molar-refractivity contribution is 6.30. The van der Waals surface area contributed by atoms with Gasteiger partial charge in [0, 0.05) is 11.8 Å². The van der Waals surface area contributed by atoms with Crippen LogP contribution in [0.2, 0.25) is 5.15 Å². The third-order valence-electron chi connectivity index (χ3n) is 1.32. The van der Waals surface area contributed by atoms with E-state index in [1.807, 2.05) is 0 Å². The molecule has 11 heavy (non-hydrogen) atoms. The molecule has 1 rings (SSSR count). The van der Waals surface area contributed by atoms with E-state index in [0.717, 1.165) is 0 Å². The SMILES string of the molecule is OCC(O)c1cccnc1Cl. The first-order chi connectivity index (χ1) is 5.25. The molecule has 3 nitrogen and oxygen atoms in total. The van der Waals surface area contributed by atoms with Gasteiger partial charge in [-0.25, -0.2) is 4.98 Å². The number of pyridine rings is 1. The molecule has 1 heterocycles. The van der Waals surface area contributed by atoms with Gasteiger partial charge in [-0.1, -0.05) is 17.7 Å². The van der Waals surface area contributed by atoms with Crippen molar-refractivity contribution in [2.75, 3.05) is 6.61 Å². The Balaban J connectivity index is 2.93. The van der Waals surface area contributed by atoms with Crippen molar-refractivity contribution in [1.29, 1.82) is 0 Å². The summed E-state index contributed by atoms with van der Waals surface area (Å²) < 4.78 is 0. The van der Waals surface area contributed by atoms with E-state index in [0.29, 0.717) is 5.56 Å². The molecule has 0 saturated carbocycles. The average molecular weight is 174 g/mol. The molecule has 0 aliphatic rings. The first-order valence-corrected chi connectivity index (χ1v) is 3.53. The van der Waals surface area contributed by atoms with E-state index in [1.54, 1.807) is 12.1 Å². The Morgan fingerprint density at radius 3 is 2.91 bits per heavy atom. The fourth-order valence-corrected chi connectivity index (χ4v) is 0.991. The Bertz CT molecular complexity index is 242. The van der Waals surface area contributed by atoms with E-state index in [4.69, 9.17) is 21.8 Å². The molecule has 1 unspecified atom stereocenters. The number of aliphatic hydroxyl groups excluding tert-OH is 2. The minimum Gasteiger partial charge on any atom is -0.393 e. The van der Waals surface area contributed by atoms with Crippen LogP contribution < -0.4 is 0 Å². The molecule has 0 aliphatic carbocycles. The van der Waals surface area contributed by atoms with Crippen molar-refractivity contribution in [3.8, 4) is 0 Å². The maximum absolute atomic E-state index is 9.14. The van der Waals surface area contributed by atoms with Crippen LogP contribution in [0.1, 0.15) is 11.7 Å². The largest absolute Gasteiger partial charge is 0.393 e. The van der Waals surface area contributed by atoms with Gasteiger partial charge in [0.15, 0.2) is 0 Å². The van der Waals surface area contributed by atoms with Crippen LogP contribution in [0.5, 0.6) is 0 Å². The lowest BCUT2D eigenvalue weighted by Gasteiger charge is -2.07. The van der Waals surface area contributed by atoms with Crippen molar-refractivity contribution in [3.05, 3.63) is 29.0 Å². The standard InChI is InChI=1S/C7H8ClNO2/c8-7-5(6(11)4-10)2-1-3-9-7/h1-3,6,10-11H,4H2. The fourth-order valence-electron chi connectivity index (χ4n) is 0.745. The molecule has 0 bridgehead atoms. The summed E-state index contributed by atoms with van der Waals surface area (Å²) in [5.41, 5.74) is 0.455. The zero-order chi connectivity index (χ0) is 8.27. The van der Waals surface area contributed by atoms with E-state index in [9.17, 15) is 0 Å². The molecule has 1 atom stereocenters. The molecule has 0 spiro atoms. The fraction of sp³-hybridized carbons (Fsp3) is 0.286. The Labute approximate surface area is 69.3 Å². The predicted molar refractivity (Wildman–Crippen MR) is 41.3 cm³/mol. The van der Waals surface area contributed by atoms with Gasteiger partial charge in [0.1, 0.15) is 11.3 Å². The van der Waals surface area contributed by atoms with Gasteiger partial charge in [0.25, 0.3) is 0 Å². The van der Waals surface area contributed by atoms with E-state index >= 15 is 0 Å². The lowest BCUT2D eigenvalue weighted by Crippen LogP contribution is -2.03. The van der Waals surface area contributed by atoms with Crippen molar-refractivity contribution in [3.63, 3.8) is 0 Å². The maximum Gasteiger partial charge on any atom is 0.134 e. The quantitative estimate of drug-likeness (QED) is 0.650. The topological polar surface area (TPSA) is 53.4 Å². The summed E-state index contributed by atoms with van der Waals surface area (Å²) >= 11 is 5.62. The summed E-state index contributed by atoms with van der Waals surface area (Å²) in [6, 6.07) is 3.27. The van der Waals surface area contributed by atoms with E-state index in [2.05, 4.69) is 4.98 Å². The first kappa shape index (κ1) is 8.46. The molecule has 0 fully saturated rings. The zero-order valence-corrected chi connectivity index (χ0v) is 6.49. The third-order valence-corrected chi connectivity index (χ3v) is 1.64. The molecule has 60 valence electrons. The van der Waals surface area contributed by atoms with Crippen LogP contribution in [-0.2, 0) is 0 Å². The van der Waals surface area contributed by atoms with Crippen molar-refractivity contribution in [1.82, 2.24) is 4.98 Å². The predicted octanol–water partition coefficient (Wildman–Crippen LogP) is 0.761. The van der Waals surface area contributed by atoms with Crippen LogP contribution in [0.3, 0.4) is 0 Å². The van der Waals surface area contributed by atoms with Gasteiger partial charge in [-0.05, 0) is 6.07 Å². The number of rotatable bonds is 2. The van der Waals surface area contributed by atoms with E-state index in [1.165, 1.54) is 6.20 Å². The van der Waals surface area contributed by atoms with Crippen LogP contribution in [0.25, 0.3) is 0 Å². The normalized spacial score (nSPS) is 13.0. The van der Waals surface area contributed by atoms with Gasteiger partial charge in [-0.3, -0.25) is 0 Å². The van der Waals surface area contributed by atoms with Crippen LogP contribution in [-0.4, -0.2) is 21.8 Å². The Kier molecular flexibility index (Phi) is 2.82. The number of aliphatic hydroxyl groups is 2. The molecule has 0 saturated heterocycles. The number of aromatic nitrogens is 1. The molecular formula is C7H8ClNO2.